The molecular formula is C43H50N8O8S. The Labute approximate surface area is 348 Å². The molecule has 1 unspecified atom stereocenters. The summed E-state index contributed by atoms with van der Waals surface area (Å²) in [7, 11) is -3.35. The second kappa shape index (κ2) is 16.5. The Morgan fingerprint density at radius 3 is 2.28 bits per heavy atom. The Morgan fingerprint density at radius 1 is 0.900 bits per heavy atom. The molecule has 1 saturated carbocycles. The van der Waals surface area contributed by atoms with E-state index >= 15 is 0 Å². The van der Waals surface area contributed by atoms with E-state index in [1.807, 2.05) is 6.07 Å². The van der Waals surface area contributed by atoms with Gasteiger partial charge in [-0.3, -0.25) is 43.9 Å². The molecule has 16 nitrogen and oxygen atoms in total. The number of nitrogens with one attached hydrogen (secondary N) is 2. The van der Waals surface area contributed by atoms with Gasteiger partial charge < -0.3 is 16.0 Å². The van der Waals surface area contributed by atoms with Crippen LogP contribution in [0, 0.1) is 11.3 Å². The number of carbonyl (C=O) groups excluding carboxylic acids is 6. The minimum absolute atomic E-state index is 0.0502. The molecule has 8 rings (SSSR count). The number of nitrogens with two attached hydrogens (primary N) is 1. The van der Waals surface area contributed by atoms with Crippen molar-refractivity contribution in [2.45, 2.75) is 94.2 Å². The maximum absolute atomic E-state index is 13.6. The maximum atomic E-state index is 13.6. The Balaban J connectivity index is 0.817. The molecule has 0 bridgehead atoms. The second-order valence-electron chi connectivity index (χ2n) is 17.2. The van der Waals surface area contributed by atoms with Gasteiger partial charge in [0.25, 0.3) is 17.7 Å². The van der Waals surface area contributed by atoms with Crippen molar-refractivity contribution in [2.75, 3.05) is 37.3 Å². The first-order valence-electron chi connectivity index (χ1n) is 20.7. The van der Waals surface area contributed by atoms with Crippen LogP contribution in [-0.2, 0) is 37.2 Å². The van der Waals surface area contributed by atoms with Gasteiger partial charge in [0.2, 0.25) is 17.7 Å². The molecule has 60 heavy (non-hydrogen) atoms. The van der Waals surface area contributed by atoms with Crippen LogP contribution < -0.4 is 21.3 Å². The number of sulfone groups is 1. The molecule has 3 saturated heterocycles. The highest BCUT2D eigenvalue weighted by Gasteiger charge is 2.45. The van der Waals surface area contributed by atoms with E-state index in [0.717, 1.165) is 93.3 Å². The second-order valence-corrected chi connectivity index (χ2v) is 19.2. The SMILES string of the molecule is CS(=O)(=O)c1ccc(Cc2nc(N3CCC[C@@H](NC(=O)C4CCC5(CC4)CCN(Cc4ccc6c(c4)C(=O)N(C4CCC(=O)NC4=O)C6=O)CC5)C3)cnc2C(N)=O)cc1. The fourth-order valence-electron chi connectivity index (χ4n) is 9.62. The fraction of sp³-hybridized carbons (Fsp3) is 0.488. The van der Waals surface area contributed by atoms with Crippen LogP contribution in [0.15, 0.2) is 53.6 Å². The number of imide groups is 2. The van der Waals surface area contributed by atoms with Crippen LogP contribution in [0.2, 0.25) is 0 Å². The summed E-state index contributed by atoms with van der Waals surface area (Å²) in [6.07, 6.45) is 10.5. The molecule has 2 aromatic carbocycles. The van der Waals surface area contributed by atoms with Crippen molar-refractivity contribution >= 4 is 51.1 Å². The van der Waals surface area contributed by atoms with Crippen LogP contribution in [-0.4, -0.2) is 108 Å². The number of primary amides is 1. The number of hydrogen-bond acceptors (Lipinski definition) is 12. The number of benzene rings is 2. The van der Waals surface area contributed by atoms with Gasteiger partial charge in [-0.1, -0.05) is 18.2 Å². The number of amides is 6. The lowest BCUT2D eigenvalue weighted by Gasteiger charge is -2.46. The zero-order chi connectivity index (χ0) is 42.3. The van der Waals surface area contributed by atoms with E-state index < -0.39 is 45.4 Å². The summed E-state index contributed by atoms with van der Waals surface area (Å²) in [6, 6.07) is 10.7. The van der Waals surface area contributed by atoms with Crippen LogP contribution in [0.25, 0.3) is 0 Å². The number of nitrogens with zero attached hydrogens (tertiary/aromatic N) is 5. The molecule has 0 radical (unpaired) electrons. The van der Waals surface area contributed by atoms with E-state index in [9.17, 15) is 37.2 Å². The van der Waals surface area contributed by atoms with Gasteiger partial charge >= 0.3 is 0 Å². The van der Waals surface area contributed by atoms with Gasteiger partial charge in [0.15, 0.2) is 9.84 Å². The van der Waals surface area contributed by atoms with Crippen molar-refractivity contribution in [1.82, 2.24) is 30.4 Å². The predicted octanol–water partition coefficient (Wildman–Crippen LogP) is 2.53. The average Bonchev–Trinajstić information content (AvgIpc) is 3.46. The summed E-state index contributed by atoms with van der Waals surface area (Å²) < 4.78 is 23.8. The van der Waals surface area contributed by atoms with E-state index in [4.69, 9.17) is 10.7 Å². The zero-order valence-corrected chi connectivity index (χ0v) is 34.5. The third-order valence-electron chi connectivity index (χ3n) is 13.1. The molecule has 4 N–H and O–H groups in total. The number of carbonyl (C=O) groups is 6. The normalized spacial score (nSPS) is 22.5. The number of hydrogen-bond donors (Lipinski definition) is 3. The summed E-state index contributed by atoms with van der Waals surface area (Å²) in [5.74, 6) is -2.11. The molecule has 1 spiro atoms. The Morgan fingerprint density at radius 2 is 1.60 bits per heavy atom. The van der Waals surface area contributed by atoms with Gasteiger partial charge in [-0.15, -0.1) is 0 Å². The first-order chi connectivity index (χ1) is 28.7. The Hall–Kier alpha value is -5.55. The molecule has 17 heteroatoms. The number of anilines is 1. The first kappa shape index (κ1) is 41.2. The summed E-state index contributed by atoms with van der Waals surface area (Å²) in [4.78, 5) is 91.2. The van der Waals surface area contributed by atoms with E-state index in [0.29, 0.717) is 30.2 Å². The van der Waals surface area contributed by atoms with Crippen molar-refractivity contribution in [2.24, 2.45) is 17.1 Å². The van der Waals surface area contributed by atoms with E-state index in [1.54, 1.807) is 30.5 Å². The average molecular weight is 839 g/mol. The standard InChI is InChI=1S/C43H50N8O8S/c1-60(58,59)30-7-4-26(5-8-30)22-33-37(38(44)53)45-23-35(47-33)50-18-2-3-29(25-50)46-39(54)28-12-14-43(15-13-28)16-19-49(20-17-43)24-27-6-9-31-32(21-27)42(57)51(41(31)56)34-10-11-36(52)48-40(34)55/h4-9,21,23,28-29,34H,2-3,10-20,22,24-25H2,1H3,(H2,44,53)(H,46,54)(H,48,52,55)/t29-,34?/m1/s1. The lowest BCUT2D eigenvalue weighted by Crippen LogP contribution is -2.54. The summed E-state index contributed by atoms with van der Waals surface area (Å²) in [6.45, 7) is 3.69. The topological polar surface area (TPSA) is 222 Å². The number of aromatic nitrogens is 2. The smallest absolute Gasteiger partial charge is 0.269 e. The molecule has 4 fully saturated rings. The first-order valence-corrected chi connectivity index (χ1v) is 22.6. The molecule has 1 aliphatic carbocycles. The molecule has 6 amide bonds. The van der Waals surface area contributed by atoms with E-state index in [2.05, 4.69) is 25.4 Å². The van der Waals surface area contributed by atoms with Crippen molar-refractivity contribution in [1.29, 1.82) is 0 Å². The van der Waals surface area contributed by atoms with Gasteiger partial charge in [-0.2, -0.15) is 0 Å². The van der Waals surface area contributed by atoms with E-state index in [1.165, 1.54) is 12.1 Å². The maximum Gasteiger partial charge on any atom is 0.269 e. The number of likely N-dealkylation sites (tertiary alicyclic amines) is 1. The highest BCUT2D eigenvalue weighted by molar-refractivity contribution is 7.90. The van der Waals surface area contributed by atoms with Gasteiger partial charge in [-0.05, 0) is 112 Å². The lowest BCUT2D eigenvalue weighted by molar-refractivity contribution is -0.136. The highest BCUT2D eigenvalue weighted by atomic mass is 32.2. The molecule has 5 heterocycles. The Kier molecular flexibility index (Phi) is 11.3. The third kappa shape index (κ3) is 8.55. The summed E-state index contributed by atoms with van der Waals surface area (Å²) >= 11 is 0. The summed E-state index contributed by atoms with van der Waals surface area (Å²) in [5, 5.41) is 5.56. The van der Waals surface area contributed by atoms with Crippen LogP contribution in [0.3, 0.4) is 0 Å². The summed E-state index contributed by atoms with van der Waals surface area (Å²) in [5.41, 5.74) is 8.55. The van der Waals surface area contributed by atoms with Crippen molar-refractivity contribution in [3.8, 4) is 0 Å². The van der Waals surface area contributed by atoms with Crippen LogP contribution in [0.5, 0.6) is 0 Å². The van der Waals surface area contributed by atoms with Crippen molar-refractivity contribution < 1.29 is 37.2 Å². The molecule has 316 valence electrons. The quantitative estimate of drug-likeness (QED) is 0.251. The molecule has 5 aliphatic rings. The number of piperidine rings is 3. The van der Waals surface area contributed by atoms with Gasteiger partial charge in [0.1, 0.15) is 17.6 Å². The van der Waals surface area contributed by atoms with Crippen molar-refractivity contribution in [3.05, 3.63) is 82.3 Å². The third-order valence-corrected chi connectivity index (χ3v) is 14.3. The largest absolute Gasteiger partial charge is 0.364 e. The zero-order valence-electron chi connectivity index (χ0n) is 33.7. The Bertz CT molecular complexity index is 2350. The van der Waals surface area contributed by atoms with Crippen LogP contribution in [0.1, 0.15) is 112 Å². The molecule has 4 aliphatic heterocycles. The van der Waals surface area contributed by atoms with Crippen molar-refractivity contribution in [3.63, 3.8) is 0 Å². The minimum Gasteiger partial charge on any atom is -0.364 e. The predicted molar refractivity (Wildman–Crippen MR) is 218 cm³/mol. The van der Waals surface area contributed by atoms with Crippen LogP contribution >= 0.6 is 0 Å². The lowest BCUT2D eigenvalue weighted by atomic mass is 9.65. The minimum atomic E-state index is -3.35. The fourth-order valence-corrected chi connectivity index (χ4v) is 10.3. The molecule has 3 aromatic rings. The van der Waals surface area contributed by atoms with Crippen LogP contribution in [0.4, 0.5) is 5.82 Å². The molecular weight excluding hydrogens is 789 g/mol. The molecule has 2 atom stereocenters. The monoisotopic (exact) mass is 838 g/mol. The van der Waals surface area contributed by atoms with Gasteiger partial charge in [0, 0.05) is 50.7 Å². The van der Waals surface area contributed by atoms with E-state index in [-0.39, 0.29) is 58.7 Å². The molecule has 1 aromatic heterocycles. The number of fused-ring (bicyclic) bond motifs is 1. The van der Waals surface area contributed by atoms with Gasteiger partial charge in [-0.25, -0.2) is 18.4 Å². The number of rotatable bonds is 10. The highest BCUT2D eigenvalue weighted by Crippen LogP contribution is 2.46. The van der Waals surface area contributed by atoms with Gasteiger partial charge in [0.05, 0.1) is 27.9 Å².